The van der Waals surface area contributed by atoms with Gasteiger partial charge in [-0.1, -0.05) is 0 Å². The lowest BCUT2D eigenvalue weighted by atomic mass is 10.2. The number of amides is 2. The second-order valence-corrected chi connectivity index (χ2v) is 4.29. The van der Waals surface area contributed by atoms with Gasteiger partial charge in [-0.2, -0.15) is 0 Å². The molecule has 1 heterocycles. The molecule has 0 bridgehead atoms. The molecule has 19 heavy (non-hydrogen) atoms. The summed E-state index contributed by atoms with van der Waals surface area (Å²) < 4.78 is 5.26. The van der Waals surface area contributed by atoms with Gasteiger partial charge in [0.2, 0.25) is 11.8 Å². The number of carbonyl (C=O) groups is 2. The number of nitrogens with one attached hydrogen (secondary N) is 1. The first-order valence-electron chi connectivity index (χ1n) is 6.14. The van der Waals surface area contributed by atoms with Crippen LogP contribution >= 0.6 is 0 Å². The Balaban J connectivity index is 2.31. The largest absolute Gasteiger partial charge is 0.495 e. The van der Waals surface area contributed by atoms with Crippen molar-refractivity contribution in [2.75, 3.05) is 30.4 Å². The highest BCUT2D eigenvalue weighted by atomic mass is 16.5. The van der Waals surface area contributed by atoms with E-state index in [9.17, 15) is 9.59 Å². The van der Waals surface area contributed by atoms with Crippen molar-refractivity contribution < 1.29 is 14.3 Å². The van der Waals surface area contributed by atoms with E-state index in [-0.39, 0.29) is 18.4 Å². The standard InChI is InChI=1S/C13H17N3O3/c1-19-11-5-4-9(15-12(17)8-14)7-10(11)16-6-2-3-13(16)18/h4-5,7H,2-3,6,8,14H2,1H3,(H,15,17). The minimum absolute atomic E-state index is 0.0700. The van der Waals surface area contributed by atoms with Crippen LogP contribution in [0.25, 0.3) is 0 Å². The number of benzene rings is 1. The number of methoxy groups -OCH3 is 1. The van der Waals surface area contributed by atoms with Gasteiger partial charge < -0.3 is 20.7 Å². The van der Waals surface area contributed by atoms with Gasteiger partial charge in [0.25, 0.3) is 0 Å². The minimum Gasteiger partial charge on any atom is -0.495 e. The quantitative estimate of drug-likeness (QED) is 0.838. The third-order valence-corrected chi connectivity index (χ3v) is 3.01. The fourth-order valence-corrected chi connectivity index (χ4v) is 2.09. The van der Waals surface area contributed by atoms with Crippen molar-refractivity contribution in [1.29, 1.82) is 0 Å². The van der Waals surface area contributed by atoms with Gasteiger partial charge in [0.1, 0.15) is 5.75 Å². The first-order chi connectivity index (χ1) is 9.15. The molecule has 0 aromatic heterocycles. The van der Waals surface area contributed by atoms with E-state index in [2.05, 4.69) is 5.32 Å². The van der Waals surface area contributed by atoms with E-state index < -0.39 is 0 Å². The average Bonchev–Trinajstić information content (AvgIpc) is 2.84. The third kappa shape index (κ3) is 2.85. The van der Waals surface area contributed by atoms with Crippen LogP contribution in [0.2, 0.25) is 0 Å². The van der Waals surface area contributed by atoms with Crippen LogP contribution in [0.3, 0.4) is 0 Å². The Morgan fingerprint density at radius 2 is 2.32 bits per heavy atom. The van der Waals surface area contributed by atoms with Gasteiger partial charge in [0, 0.05) is 18.7 Å². The lowest BCUT2D eigenvalue weighted by Gasteiger charge is -2.20. The molecule has 0 atom stereocenters. The molecular formula is C13H17N3O3. The zero-order valence-electron chi connectivity index (χ0n) is 10.8. The number of hydrogen-bond donors (Lipinski definition) is 2. The van der Waals surface area contributed by atoms with E-state index >= 15 is 0 Å². The Hall–Kier alpha value is -2.08. The molecular weight excluding hydrogens is 246 g/mol. The number of hydrogen-bond acceptors (Lipinski definition) is 4. The molecule has 0 spiro atoms. The van der Waals surface area contributed by atoms with Crippen LogP contribution in [0.4, 0.5) is 11.4 Å². The van der Waals surface area contributed by atoms with Crippen molar-refractivity contribution in [1.82, 2.24) is 0 Å². The van der Waals surface area contributed by atoms with Gasteiger partial charge in [-0.3, -0.25) is 9.59 Å². The molecule has 6 nitrogen and oxygen atoms in total. The number of rotatable bonds is 4. The summed E-state index contributed by atoms with van der Waals surface area (Å²) in [6.07, 6.45) is 1.38. The minimum atomic E-state index is -0.274. The van der Waals surface area contributed by atoms with E-state index in [4.69, 9.17) is 10.5 Å². The zero-order valence-corrected chi connectivity index (χ0v) is 10.8. The van der Waals surface area contributed by atoms with Gasteiger partial charge in [0.05, 0.1) is 19.3 Å². The normalized spacial score (nSPS) is 14.6. The molecule has 1 aromatic rings. The van der Waals surface area contributed by atoms with Gasteiger partial charge in [-0.05, 0) is 24.6 Å². The van der Waals surface area contributed by atoms with Crippen molar-refractivity contribution in [2.45, 2.75) is 12.8 Å². The maximum Gasteiger partial charge on any atom is 0.238 e. The smallest absolute Gasteiger partial charge is 0.238 e. The first-order valence-corrected chi connectivity index (χ1v) is 6.14. The molecule has 1 aliphatic rings. The summed E-state index contributed by atoms with van der Waals surface area (Å²) in [5, 5.41) is 2.66. The summed E-state index contributed by atoms with van der Waals surface area (Å²) in [6, 6.07) is 5.18. The molecule has 1 fully saturated rings. The Kier molecular flexibility index (Phi) is 4.01. The number of anilines is 2. The summed E-state index contributed by atoms with van der Waals surface area (Å²) >= 11 is 0. The van der Waals surface area contributed by atoms with Crippen molar-refractivity contribution in [3.63, 3.8) is 0 Å². The lowest BCUT2D eigenvalue weighted by Crippen LogP contribution is -2.25. The molecule has 1 aromatic carbocycles. The Morgan fingerprint density at radius 3 is 2.89 bits per heavy atom. The van der Waals surface area contributed by atoms with Crippen molar-refractivity contribution in [3.05, 3.63) is 18.2 Å². The SMILES string of the molecule is COc1ccc(NC(=O)CN)cc1N1CCCC1=O. The van der Waals surface area contributed by atoms with Crippen LogP contribution in [0, 0.1) is 0 Å². The first kappa shape index (κ1) is 13.4. The van der Waals surface area contributed by atoms with Crippen LogP contribution in [-0.4, -0.2) is 32.0 Å². The Labute approximate surface area is 111 Å². The van der Waals surface area contributed by atoms with Crippen LogP contribution in [0.1, 0.15) is 12.8 Å². The molecule has 0 aliphatic carbocycles. The van der Waals surface area contributed by atoms with E-state index in [1.165, 1.54) is 0 Å². The number of nitrogens with zero attached hydrogens (tertiary/aromatic N) is 1. The van der Waals surface area contributed by atoms with Crippen LogP contribution in [0.5, 0.6) is 5.75 Å². The molecule has 3 N–H and O–H groups in total. The molecule has 1 saturated heterocycles. The highest BCUT2D eigenvalue weighted by molar-refractivity contribution is 5.98. The topological polar surface area (TPSA) is 84.7 Å². The summed E-state index contributed by atoms with van der Waals surface area (Å²) in [5.41, 5.74) is 6.54. The van der Waals surface area contributed by atoms with Crippen molar-refractivity contribution >= 4 is 23.2 Å². The van der Waals surface area contributed by atoms with Crippen molar-refractivity contribution in [3.8, 4) is 5.75 Å². The number of ether oxygens (including phenoxy) is 1. The summed E-state index contributed by atoms with van der Waals surface area (Å²) in [6.45, 7) is 0.591. The highest BCUT2D eigenvalue weighted by Gasteiger charge is 2.24. The van der Waals surface area contributed by atoms with E-state index in [1.54, 1.807) is 30.2 Å². The average molecular weight is 263 g/mol. The maximum absolute atomic E-state index is 11.8. The monoisotopic (exact) mass is 263 g/mol. The van der Waals surface area contributed by atoms with Gasteiger partial charge in [-0.15, -0.1) is 0 Å². The number of carbonyl (C=O) groups excluding carboxylic acids is 2. The summed E-state index contributed by atoms with van der Waals surface area (Å²) in [5.74, 6) is 0.408. The van der Waals surface area contributed by atoms with Crippen LogP contribution in [-0.2, 0) is 9.59 Å². The van der Waals surface area contributed by atoms with E-state index in [0.29, 0.717) is 30.1 Å². The second kappa shape index (κ2) is 5.71. The summed E-state index contributed by atoms with van der Waals surface area (Å²) in [4.78, 5) is 24.8. The fourth-order valence-electron chi connectivity index (χ4n) is 2.09. The highest BCUT2D eigenvalue weighted by Crippen LogP contribution is 2.33. The fraction of sp³-hybridized carbons (Fsp3) is 0.385. The molecule has 0 radical (unpaired) electrons. The number of nitrogens with two attached hydrogens (primary N) is 1. The van der Waals surface area contributed by atoms with Gasteiger partial charge in [-0.25, -0.2) is 0 Å². The molecule has 2 rings (SSSR count). The molecule has 2 amide bonds. The van der Waals surface area contributed by atoms with E-state index in [1.807, 2.05) is 0 Å². The summed E-state index contributed by atoms with van der Waals surface area (Å²) in [7, 11) is 1.55. The predicted molar refractivity (Wildman–Crippen MR) is 72.3 cm³/mol. The van der Waals surface area contributed by atoms with Crippen molar-refractivity contribution in [2.24, 2.45) is 5.73 Å². The Bertz CT molecular complexity index is 502. The van der Waals surface area contributed by atoms with E-state index in [0.717, 1.165) is 6.42 Å². The molecule has 6 heteroatoms. The van der Waals surface area contributed by atoms with Gasteiger partial charge in [0.15, 0.2) is 0 Å². The molecule has 0 unspecified atom stereocenters. The molecule has 0 saturated carbocycles. The maximum atomic E-state index is 11.8. The third-order valence-electron chi connectivity index (χ3n) is 3.01. The molecule has 102 valence electrons. The van der Waals surface area contributed by atoms with Crippen LogP contribution in [0.15, 0.2) is 18.2 Å². The van der Waals surface area contributed by atoms with Gasteiger partial charge >= 0.3 is 0 Å². The molecule has 1 aliphatic heterocycles. The van der Waals surface area contributed by atoms with Crippen LogP contribution < -0.4 is 20.7 Å². The second-order valence-electron chi connectivity index (χ2n) is 4.29. The Morgan fingerprint density at radius 1 is 1.53 bits per heavy atom. The zero-order chi connectivity index (χ0) is 13.8. The lowest BCUT2D eigenvalue weighted by molar-refractivity contribution is -0.117. The predicted octanol–water partition coefficient (Wildman–Crippen LogP) is 0.719.